The van der Waals surface area contributed by atoms with E-state index >= 15 is 0 Å². The van der Waals surface area contributed by atoms with Gasteiger partial charge in [-0.05, 0) is 0 Å². The van der Waals surface area contributed by atoms with E-state index in [1.54, 1.807) is 0 Å². The zero-order valence-electron chi connectivity index (χ0n) is 3.68. The molecule has 0 unspecified atom stereocenters. The lowest BCUT2D eigenvalue weighted by atomic mass is 11.3. The Morgan fingerprint density at radius 1 is 1.67 bits per heavy atom. The van der Waals surface area contributed by atoms with E-state index in [1.165, 1.54) is 0 Å². The van der Waals surface area contributed by atoms with Crippen molar-refractivity contribution in [3.05, 3.63) is 23.3 Å². The molecule has 0 aliphatic heterocycles. The molecular weight excluding hydrogens is 82.0 g/mol. The second kappa shape index (κ2) is 8.91. The molecule has 36 valence electrons. The van der Waals surface area contributed by atoms with Gasteiger partial charge in [-0.2, -0.15) is 0 Å². The third-order valence-corrected chi connectivity index (χ3v) is 0. The van der Waals surface area contributed by atoms with Crippen molar-refractivity contribution >= 4 is 0 Å². The molecule has 0 N–H and O–H groups in total. The lowest BCUT2D eigenvalue weighted by Gasteiger charge is -1.63. The Morgan fingerprint density at radius 3 is 1.67 bits per heavy atom. The molecule has 3 nitrogen and oxygen atoms in total. The number of nitro groups is 1. The highest BCUT2D eigenvalue weighted by Gasteiger charge is 1.57. The number of hydrogen-bond donors (Lipinski definition) is 0. The van der Waals surface area contributed by atoms with Gasteiger partial charge in [0.2, 0.25) is 0 Å². The summed E-state index contributed by atoms with van der Waals surface area (Å²) in [5.74, 6) is 0. The Kier molecular flexibility index (Phi) is 13.3. The molecule has 0 saturated carbocycles. The first-order chi connectivity index (χ1) is 2.73. The van der Waals surface area contributed by atoms with Gasteiger partial charge in [0.05, 0.1) is 0 Å². The standard InChI is InChI=1S/C2H4.CH3NO2/c1-2;1-2(3)4/h1-2H2;1H3. The fourth-order valence-corrected chi connectivity index (χ4v) is 0. The maximum absolute atomic E-state index is 8.81. The summed E-state index contributed by atoms with van der Waals surface area (Å²) in [7, 11) is 0.889. The molecule has 3 heteroatoms. The van der Waals surface area contributed by atoms with Gasteiger partial charge < -0.3 is 0 Å². The minimum atomic E-state index is -0.500. The molecule has 0 bridgehead atoms. The summed E-state index contributed by atoms with van der Waals surface area (Å²) < 4.78 is 0. The molecule has 6 heavy (non-hydrogen) atoms. The predicted octanol–water partition coefficient (Wildman–Crippen LogP) is 0.695. The summed E-state index contributed by atoms with van der Waals surface area (Å²) in [5.41, 5.74) is 0. The van der Waals surface area contributed by atoms with Crippen LogP contribution in [-0.2, 0) is 0 Å². The Hall–Kier alpha value is -0.860. The topological polar surface area (TPSA) is 43.1 Å². The summed E-state index contributed by atoms with van der Waals surface area (Å²) in [4.78, 5) is 8.31. The predicted molar refractivity (Wildman–Crippen MR) is 24.2 cm³/mol. The molecule has 0 fully saturated rings. The van der Waals surface area contributed by atoms with Gasteiger partial charge >= 0.3 is 0 Å². The maximum Gasteiger partial charge on any atom is 0.194 e. The van der Waals surface area contributed by atoms with Gasteiger partial charge in [-0.1, -0.05) is 0 Å². The largest absolute Gasteiger partial charge is 0.265 e. The normalized spacial score (nSPS) is 4.83. The lowest BCUT2D eigenvalue weighted by Crippen LogP contribution is -1.79. The van der Waals surface area contributed by atoms with Crippen LogP contribution in [0, 0.1) is 10.1 Å². The highest BCUT2D eigenvalue weighted by Crippen LogP contribution is 1.39. The van der Waals surface area contributed by atoms with Crippen LogP contribution in [-0.4, -0.2) is 12.0 Å². The van der Waals surface area contributed by atoms with Gasteiger partial charge in [0, 0.05) is 4.92 Å². The van der Waals surface area contributed by atoms with Gasteiger partial charge in [0.25, 0.3) is 0 Å². The Labute approximate surface area is 36.4 Å². The second-order valence-electron chi connectivity index (χ2n) is 0.440. The molecular formula is C3H7NO2. The molecule has 0 spiro atoms. The van der Waals surface area contributed by atoms with Crippen LogP contribution in [0.5, 0.6) is 0 Å². The molecule has 0 atom stereocenters. The van der Waals surface area contributed by atoms with E-state index < -0.39 is 4.92 Å². The molecule has 0 saturated heterocycles. The molecule has 0 aromatic heterocycles. The monoisotopic (exact) mass is 89.0 g/mol. The van der Waals surface area contributed by atoms with Gasteiger partial charge in [-0.15, -0.1) is 13.2 Å². The maximum atomic E-state index is 8.81. The molecule has 0 heterocycles. The molecule has 0 aromatic carbocycles. The van der Waals surface area contributed by atoms with Crippen LogP contribution in [0.2, 0.25) is 0 Å². The zero-order chi connectivity index (χ0) is 5.58. The van der Waals surface area contributed by atoms with Crippen molar-refractivity contribution in [1.29, 1.82) is 0 Å². The third-order valence-electron chi connectivity index (χ3n) is 0. The molecule has 0 radical (unpaired) electrons. The fraction of sp³-hybridized carbons (Fsp3) is 0.333. The quantitative estimate of drug-likeness (QED) is 0.249. The van der Waals surface area contributed by atoms with E-state index in [0.717, 1.165) is 7.05 Å². The third kappa shape index (κ3) is 19.4. The molecule has 0 aliphatic rings. The van der Waals surface area contributed by atoms with E-state index in [0.29, 0.717) is 0 Å². The first kappa shape index (κ1) is 8.94. The molecule has 0 aromatic rings. The molecule has 0 amide bonds. The van der Waals surface area contributed by atoms with E-state index in [4.69, 9.17) is 10.1 Å². The van der Waals surface area contributed by atoms with Crippen molar-refractivity contribution in [3.63, 3.8) is 0 Å². The smallest absolute Gasteiger partial charge is 0.194 e. The Balaban J connectivity index is 0. The van der Waals surface area contributed by atoms with Crippen LogP contribution >= 0.6 is 0 Å². The minimum absolute atomic E-state index is 0.500. The van der Waals surface area contributed by atoms with Gasteiger partial charge in [-0.3, -0.25) is 10.1 Å². The van der Waals surface area contributed by atoms with Crippen LogP contribution in [0.15, 0.2) is 13.2 Å². The molecule has 0 aliphatic carbocycles. The van der Waals surface area contributed by atoms with Crippen molar-refractivity contribution in [3.8, 4) is 0 Å². The van der Waals surface area contributed by atoms with E-state index in [1.807, 2.05) is 0 Å². The van der Waals surface area contributed by atoms with Crippen LogP contribution in [0.3, 0.4) is 0 Å². The number of nitrogens with zero attached hydrogens (tertiary/aromatic N) is 1. The number of hydrogen-bond acceptors (Lipinski definition) is 2. The van der Waals surface area contributed by atoms with Crippen molar-refractivity contribution in [2.75, 3.05) is 7.05 Å². The summed E-state index contributed by atoms with van der Waals surface area (Å²) in [6.07, 6.45) is 0. The van der Waals surface area contributed by atoms with Gasteiger partial charge in [0.15, 0.2) is 7.05 Å². The number of rotatable bonds is 0. The summed E-state index contributed by atoms with van der Waals surface area (Å²) >= 11 is 0. The van der Waals surface area contributed by atoms with Crippen LogP contribution in [0.1, 0.15) is 0 Å². The van der Waals surface area contributed by atoms with Crippen LogP contribution < -0.4 is 0 Å². The fourth-order valence-electron chi connectivity index (χ4n) is 0. The summed E-state index contributed by atoms with van der Waals surface area (Å²) in [6.45, 7) is 6.00. The van der Waals surface area contributed by atoms with Crippen molar-refractivity contribution in [2.24, 2.45) is 0 Å². The Morgan fingerprint density at radius 2 is 1.67 bits per heavy atom. The van der Waals surface area contributed by atoms with Crippen molar-refractivity contribution in [2.45, 2.75) is 0 Å². The van der Waals surface area contributed by atoms with Crippen LogP contribution in [0.25, 0.3) is 0 Å². The summed E-state index contributed by atoms with van der Waals surface area (Å²) in [5, 5.41) is 8.81. The molecule has 0 rings (SSSR count). The zero-order valence-corrected chi connectivity index (χ0v) is 3.68. The first-order valence-electron chi connectivity index (χ1n) is 1.31. The second-order valence-corrected chi connectivity index (χ2v) is 0.440. The average molecular weight is 89.1 g/mol. The minimum Gasteiger partial charge on any atom is -0.265 e. The van der Waals surface area contributed by atoms with Crippen molar-refractivity contribution in [1.82, 2.24) is 0 Å². The van der Waals surface area contributed by atoms with E-state index in [-0.39, 0.29) is 0 Å². The van der Waals surface area contributed by atoms with E-state index in [9.17, 15) is 0 Å². The van der Waals surface area contributed by atoms with Gasteiger partial charge in [-0.25, -0.2) is 0 Å². The Bertz CT molecular complexity index is 40.1. The lowest BCUT2D eigenvalue weighted by molar-refractivity contribution is -0.445. The van der Waals surface area contributed by atoms with Crippen LogP contribution in [0.4, 0.5) is 0 Å². The average Bonchev–Trinajstić information content (AvgIpc) is 1.41. The first-order valence-corrected chi connectivity index (χ1v) is 1.31. The van der Waals surface area contributed by atoms with Gasteiger partial charge in [0.1, 0.15) is 0 Å². The van der Waals surface area contributed by atoms with E-state index in [2.05, 4.69) is 13.2 Å². The highest BCUT2D eigenvalue weighted by molar-refractivity contribution is 4.22. The highest BCUT2D eigenvalue weighted by atomic mass is 16.6. The SMILES string of the molecule is C=C.C[N+](=O)[O-]. The summed E-state index contributed by atoms with van der Waals surface area (Å²) in [6, 6.07) is 0. The van der Waals surface area contributed by atoms with Crippen molar-refractivity contribution < 1.29 is 4.92 Å².